The van der Waals surface area contributed by atoms with Crippen LogP contribution >= 0.6 is 0 Å². The lowest BCUT2D eigenvalue weighted by Crippen LogP contribution is -2.23. The average Bonchev–Trinajstić information content (AvgIpc) is 2.22. The molecule has 0 aromatic rings. The number of aliphatic hydroxyl groups excluding tert-OH is 2. The Balaban J connectivity index is 3.84. The van der Waals surface area contributed by atoms with E-state index in [0.717, 1.165) is 5.57 Å². The Morgan fingerprint density at radius 1 is 1.57 bits per heavy atom. The highest BCUT2D eigenvalue weighted by atomic mass is 16.3. The van der Waals surface area contributed by atoms with Crippen LogP contribution in [0.2, 0.25) is 0 Å². The van der Waals surface area contributed by atoms with E-state index in [1.54, 1.807) is 11.9 Å². The Labute approximate surface area is 86.0 Å². The second-order valence-corrected chi connectivity index (χ2v) is 3.27. The molecule has 14 heavy (non-hydrogen) atoms. The SMILES string of the molecule is CC=C(C)C#CC(O)CCN(C)CO. The fourth-order valence-corrected chi connectivity index (χ4v) is 0.755. The summed E-state index contributed by atoms with van der Waals surface area (Å²) in [5, 5.41) is 18.1. The van der Waals surface area contributed by atoms with Crippen LogP contribution in [-0.4, -0.2) is 41.5 Å². The highest BCUT2D eigenvalue weighted by Crippen LogP contribution is 1.94. The molecule has 0 aromatic heterocycles. The Hall–Kier alpha value is -0.820. The lowest BCUT2D eigenvalue weighted by atomic mass is 10.2. The largest absolute Gasteiger partial charge is 0.381 e. The lowest BCUT2D eigenvalue weighted by Gasteiger charge is -2.12. The maximum atomic E-state index is 9.43. The second kappa shape index (κ2) is 7.57. The van der Waals surface area contributed by atoms with E-state index >= 15 is 0 Å². The van der Waals surface area contributed by atoms with Crippen LogP contribution in [0.5, 0.6) is 0 Å². The van der Waals surface area contributed by atoms with Crippen molar-refractivity contribution in [3.63, 3.8) is 0 Å². The quantitative estimate of drug-likeness (QED) is 0.512. The number of hydrogen-bond acceptors (Lipinski definition) is 3. The normalized spacial score (nSPS) is 13.7. The van der Waals surface area contributed by atoms with Gasteiger partial charge in [-0.25, -0.2) is 0 Å². The zero-order valence-corrected chi connectivity index (χ0v) is 9.12. The molecule has 80 valence electrons. The first-order chi connectivity index (χ1) is 6.60. The van der Waals surface area contributed by atoms with E-state index in [1.807, 2.05) is 19.9 Å². The summed E-state index contributed by atoms with van der Waals surface area (Å²) in [7, 11) is 1.79. The zero-order valence-electron chi connectivity index (χ0n) is 9.12. The van der Waals surface area contributed by atoms with Gasteiger partial charge in [0.2, 0.25) is 0 Å². The summed E-state index contributed by atoms with van der Waals surface area (Å²) >= 11 is 0. The van der Waals surface area contributed by atoms with E-state index in [-0.39, 0.29) is 6.73 Å². The summed E-state index contributed by atoms with van der Waals surface area (Å²) in [5.74, 6) is 5.60. The van der Waals surface area contributed by atoms with Crippen LogP contribution in [0.15, 0.2) is 11.6 Å². The first-order valence-electron chi connectivity index (χ1n) is 4.72. The van der Waals surface area contributed by atoms with E-state index in [1.165, 1.54) is 0 Å². The second-order valence-electron chi connectivity index (χ2n) is 3.27. The van der Waals surface area contributed by atoms with Crippen molar-refractivity contribution < 1.29 is 10.2 Å². The molecule has 0 saturated carbocycles. The minimum atomic E-state index is -0.612. The first kappa shape index (κ1) is 13.2. The van der Waals surface area contributed by atoms with Gasteiger partial charge in [0.05, 0.1) is 6.73 Å². The molecule has 0 spiro atoms. The molecular weight excluding hydrogens is 178 g/mol. The first-order valence-corrected chi connectivity index (χ1v) is 4.72. The molecule has 0 aliphatic carbocycles. The van der Waals surface area contributed by atoms with Crippen LogP contribution in [0.3, 0.4) is 0 Å². The van der Waals surface area contributed by atoms with Gasteiger partial charge in [-0.15, -0.1) is 0 Å². The monoisotopic (exact) mass is 197 g/mol. The van der Waals surface area contributed by atoms with Crippen molar-refractivity contribution >= 4 is 0 Å². The molecule has 0 rings (SSSR count). The van der Waals surface area contributed by atoms with Gasteiger partial charge in [-0.2, -0.15) is 0 Å². The Bertz CT molecular complexity index is 237. The zero-order chi connectivity index (χ0) is 11.0. The number of nitrogens with zero attached hydrogens (tertiary/aromatic N) is 1. The molecule has 2 N–H and O–H groups in total. The van der Waals surface area contributed by atoms with Gasteiger partial charge in [-0.05, 0) is 32.9 Å². The van der Waals surface area contributed by atoms with Gasteiger partial charge in [-0.3, -0.25) is 4.90 Å². The third kappa shape index (κ3) is 6.67. The number of rotatable bonds is 4. The molecule has 0 aliphatic rings. The maximum Gasteiger partial charge on any atom is 0.116 e. The van der Waals surface area contributed by atoms with E-state index in [9.17, 15) is 5.11 Å². The van der Waals surface area contributed by atoms with Crippen LogP contribution in [-0.2, 0) is 0 Å². The number of hydrogen-bond donors (Lipinski definition) is 2. The molecule has 1 atom stereocenters. The van der Waals surface area contributed by atoms with Crippen molar-refractivity contribution in [3.05, 3.63) is 11.6 Å². The van der Waals surface area contributed by atoms with E-state index in [0.29, 0.717) is 13.0 Å². The predicted octanol–water partition coefficient (Wildman–Crippen LogP) is 0.589. The molecule has 0 radical (unpaired) electrons. The van der Waals surface area contributed by atoms with Gasteiger partial charge < -0.3 is 10.2 Å². The molecule has 0 heterocycles. The minimum Gasteiger partial charge on any atom is -0.381 e. The summed E-state index contributed by atoms with van der Waals surface area (Å²) in [6, 6.07) is 0. The minimum absolute atomic E-state index is 0.00798. The van der Waals surface area contributed by atoms with Gasteiger partial charge in [-0.1, -0.05) is 17.9 Å². The molecule has 3 heteroatoms. The fraction of sp³-hybridized carbons (Fsp3) is 0.636. The Morgan fingerprint density at radius 2 is 2.21 bits per heavy atom. The molecular formula is C11H19NO2. The number of allylic oxidation sites excluding steroid dienone is 2. The summed E-state index contributed by atoms with van der Waals surface area (Å²) in [6.07, 6.45) is 1.85. The predicted molar refractivity (Wildman–Crippen MR) is 57.5 cm³/mol. The van der Waals surface area contributed by atoms with Crippen LogP contribution in [0.25, 0.3) is 0 Å². The van der Waals surface area contributed by atoms with E-state index in [2.05, 4.69) is 11.8 Å². The molecule has 3 nitrogen and oxygen atoms in total. The van der Waals surface area contributed by atoms with Gasteiger partial charge in [0.15, 0.2) is 0 Å². The fourth-order valence-electron chi connectivity index (χ4n) is 0.755. The molecule has 0 aromatic carbocycles. The molecule has 0 bridgehead atoms. The van der Waals surface area contributed by atoms with Gasteiger partial charge in [0.25, 0.3) is 0 Å². The van der Waals surface area contributed by atoms with Crippen molar-refractivity contribution in [3.8, 4) is 11.8 Å². The number of aliphatic hydroxyl groups is 2. The van der Waals surface area contributed by atoms with Gasteiger partial charge in [0, 0.05) is 6.54 Å². The third-order valence-electron chi connectivity index (χ3n) is 1.89. The van der Waals surface area contributed by atoms with E-state index < -0.39 is 6.10 Å². The standard InChI is InChI=1S/C11H19NO2/c1-4-10(2)5-6-11(14)7-8-12(3)9-13/h4,11,13-14H,7-9H2,1-3H3. The topological polar surface area (TPSA) is 43.7 Å². The van der Waals surface area contributed by atoms with E-state index in [4.69, 9.17) is 5.11 Å². The summed E-state index contributed by atoms with van der Waals surface area (Å²) in [6.45, 7) is 4.46. The summed E-state index contributed by atoms with van der Waals surface area (Å²) < 4.78 is 0. The smallest absolute Gasteiger partial charge is 0.116 e. The van der Waals surface area contributed by atoms with Crippen LogP contribution in [0, 0.1) is 11.8 Å². The van der Waals surface area contributed by atoms with Gasteiger partial charge in [0.1, 0.15) is 6.10 Å². The third-order valence-corrected chi connectivity index (χ3v) is 1.89. The van der Waals surface area contributed by atoms with Crippen molar-refractivity contribution in [2.45, 2.75) is 26.4 Å². The molecule has 0 amide bonds. The molecule has 1 unspecified atom stereocenters. The molecule has 0 saturated heterocycles. The highest BCUT2D eigenvalue weighted by Gasteiger charge is 2.01. The van der Waals surface area contributed by atoms with Crippen molar-refractivity contribution in [1.82, 2.24) is 4.90 Å². The summed E-state index contributed by atoms with van der Waals surface area (Å²) in [4.78, 5) is 1.72. The van der Waals surface area contributed by atoms with Crippen LogP contribution in [0.4, 0.5) is 0 Å². The van der Waals surface area contributed by atoms with Crippen molar-refractivity contribution in [1.29, 1.82) is 0 Å². The lowest BCUT2D eigenvalue weighted by molar-refractivity contribution is 0.115. The van der Waals surface area contributed by atoms with Crippen LogP contribution < -0.4 is 0 Å². The van der Waals surface area contributed by atoms with Crippen molar-refractivity contribution in [2.75, 3.05) is 20.3 Å². The average molecular weight is 197 g/mol. The van der Waals surface area contributed by atoms with Gasteiger partial charge >= 0.3 is 0 Å². The van der Waals surface area contributed by atoms with Crippen molar-refractivity contribution in [2.24, 2.45) is 0 Å². The molecule has 0 aliphatic heterocycles. The molecule has 0 fully saturated rings. The van der Waals surface area contributed by atoms with Crippen LogP contribution in [0.1, 0.15) is 20.3 Å². The Kier molecular flexibility index (Phi) is 7.13. The Morgan fingerprint density at radius 3 is 2.71 bits per heavy atom. The maximum absolute atomic E-state index is 9.43. The highest BCUT2D eigenvalue weighted by molar-refractivity contribution is 5.27. The summed E-state index contributed by atoms with van der Waals surface area (Å²) in [5.41, 5.74) is 0.958.